The molecule has 1 aromatic heterocycles. The number of carbonyl (C=O) groups is 1. The number of hydrogen-bond donors (Lipinski definition) is 0. The third-order valence-electron chi connectivity index (χ3n) is 3.52. The van der Waals surface area contributed by atoms with Gasteiger partial charge in [0.05, 0.1) is 6.04 Å². The van der Waals surface area contributed by atoms with Crippen LogP contribution in [0, 0.1) is 0 Å². The highest BCUT2D eigenvalue weighted by Crippen LogP contribution is 2.23. The van der Waals surface area contributed by atoms with E-state index in [0.29, 0.717) is 23.8 Å². The molecule has 22 heavy (non-hydrogen) atoms. The zero-order chi connectivity index (χ0) is 15.9. The van der Waals surface area contributed by atoms with Gasteiger partial charge in [-0.25, -0.2) is 9.97 Å². The van der Waals surface area contributed by atoms with Crippen LogP contribution in [-0.4, -0.2) is 39.1 Å². The van der Waals surface area contributed by atoms with Gasteiger partial charge in [-0.1, -0.05) is 18.3 Å². The molecule has 0 saturated carbocycles. The molecule has 0 aliphatic carbocycles. The Hall–Kier alpha value is -2.50. The Bertz CT molecular complexity index is 583. The molecule has 2 heterocycles. The summed E-state index contributed by atoms with van der Waals surface area (Å²) in [6.45, 7) is 9.89. The lowest BCUT2D eigenvalue weighted by Crippen LogP contribution is -2.44. The minimum absolute atomic E-state index is 0.110. The second kappa shape index (κ2) is 7.49. The lowest BCUT2D eigenvalue weighted by Gasteiger charge is -2.34. The monoisotopic (exact) mass is 300 g/mol. The van der Waals surface area contributed by atoms with Crippen molar-refractivity contribution in [2.75, 3.05) is 6.54 Å². The summed E-state index contributed by atoms with van der Waals surface area (Å²) >= 11 is 0. The van der Waals surface area contributed by atoms with Crippen LogP contribution in [-0.2, 0) is 9.63 Å². The smallest absolute Gasteiger partial charge is 0.246 e. The van der Waals surface area contributed by atoms with Crippen molar-refractivity contribution >= 4 is 11.6 Å². The van der Waals surface area contributed by atoms with E-state index in [-0.39, 0.29) is 11.9 Å². The van der Waals surface area contributed by atoms with Crippen LogP contribution in [0.15, 0.2) is 48.6 Å². The molecule has 1 aliphatic heterocycles. The van der Waals surface area contributed by atoms with Crippen molar-refractivity contribution in [3.05, 3.63) is 49.3 Å². The maximum atomic E-state index is 11.9. The van der Waals surface area contributed by atoms with Crippen LogP contribution in [0.25, 0.3) is 0 Å². The van der Waals surface area contributed by atoms with E-state index in [2.05, 4.69) is 28.3 Å². The Morgan fingerprint density at radius 3 is 2.86 bits per heavy atom. The maximum absolute atomic E-state index is 11.9. The summed E-state index contributed by atoms with van der Waals surface area (Å²) < 4.78 is 0. The van der Waals surface area contributed by atoms with Gasteiger partial charge < -0.3 is 9.74 Å². The normalized spacial score (nSPS) is 18.7. The first-order valence-corrected chi connectivity index (χ1v) is 7.24. The van der Waals surface area contributed by atoms with Crippen molar-refractivity contribution in [2.24, 2.45) is 5.16 Å². The summed E-state index contributed by atoms with van der Waals surface area (Å²) in [4.78, 5) is 27.2. The fourth-order valence-electron chi connectivity index (χ4n) is 2.36. The summed E-state index contributed by atoms with van der Waals surface area (Å²) in [6, 6.07) is 1.56. The molecule has 1 unspecified atom stereocenters. The van der Waals surface area contributed by atoms with E-state index in [1.54, 1.807) is 30.3 Å². The fraction of sp³-hybridized carbons (Fsp3) is 0.375. The number of carbonyl (C=O) groups excluding carboxylic acids is 1. The summed E-state index contributed by atoms with van der Waals surface area (Å²) in [5.41, 5.74) is 0.555. The van der Waals surface area contributed by atoms with Crippen molar-refractivity contribution in [1.82, 2.24) is 14.9 Å². The molecule has 0 radical (unpaired) electrons. The van der Waals surface area contributed by atoms with Crippen molar-refractivity contribution in [2.45, 2.75) is 32.2 Å². The first-order chi connectivity index (χ1) is 10.6. The third-order valence-corrected chi connectivity index (χ3v) is 3.52. The minimum Gasteiger partial charge on any atom is -0.359 e. The molecule has 1 aliphatic rings. The van der Waals surface area contributed by atoms with E-state index in [9.17, 15) is 4.79 Å². The van der Waals surface area contributed by atoms with Gasteiger partial charge in [0, 0.05) is 18.9 Å². The summed E-state index contributed by atoms with van der Waals surface area (Å²) in [6.07, 6.45) is 7.41. The van der Waals surface area contributed by atoms with Crippen LogP contribution < -0.4 is 0 Å². The Kier molecular flexibility index (Phi) is 5.41. The van der Waals surface area contributed by atoms with E-state index in [1.807, 2.05) is 0 Å². The van der Waals surface area contributed by atoms with Crippen LogP contribution in [0.5, 0.6) is 0 Å². The molecule has 1 aromatic rings. The van der Waals surface area contributed by atoms with Gasteiger partial charge >= 0.3 is 0 Å². The highest BCUT2D eigenvalue weighted by molar-refractivity contribution is 5.94. The lowest BCUT2D eigenvalue weighted by molar-refractivity contribution is -0.129. The molecule has 0 N–H and O–H groups in total. The topological polar surface area (TPSA) is 67.7 Å². The number of hydrogen-bond acceptors (Lipinski definition) is 5. The van der Waals surface area contributed by atoms with E-state index >= 15 is 0 Å². The quantitative estimate of drug-likeness (QED) is 0.362. The third kappa shape index (κ3) is 3.78. The second-order valence-corrected chi connectivity index (χ2v) is 5.05. The van der Waals surface area contributed by atoms with Crippen LogP contribution in [0.2, 0.25) is 0 Å². The van der Waals surface area contributed by atoms with Crippen molar-refractivity contribution in [3.8, 4) is 0 Å². The van der Waals surface area contributed by atoms with Crippen molar-refractivity contribution < 1.29 is 9.63 Å². The molecule has 1 amide bonds. The number of amides is 1. The number of piperidine rings is 1. The first kappa shape index (κ1) is 15.9. The highest BCUT2D eigenvalue weighted by Gasteiger charge is 2.28. The van der Waals surface area contributed by atoms with E-state index < -0.39 is 0 Å². The summed E-state index contributed by atoms with van der Waals surface area (Å²) in [5, 5.41) is 4.02. The van der Waals surface area contributed by atoms with Crippen LogP contribution in [0.4, 0.5) is 0 Å². The van der Waals surface area contributed by atoms with Gasteiger partial charge in [-0.15, -0.1) is 0 Å². The first-order valence-electron chi connectivity index (χ1n) is 7.24. The van der Waals surface area contributed by atoms with Gasteiger partial charge in [0.25, 0.3) is 0 Å². The summed E-state index contributed by atoms with van der Waals surface area (Å²) in [7, 11) is 0. The Morgan fingerprint density at radius 1 is 1.45 bits per heavy atom. The lowest BCUT2D eigenvalue weighted by atomic mass is 10.0. The number of rotatable bonds is 5. The molecule has 0 aromatic carbocycles. The molecular formula is C16H20N4O2. The van der Waals surface area contributed by atoms with Gasteiger partial charge in [-0.05, 0) is 38.3 Å². The molecule has 6 heteroatoms. The van der Waals surface area contributed by atoms with Gasteiger partial charge in [-0.3, -0.25) is 4.79 Å². The fourth-order valence-corrected chi connectivity index (χ4v) is 2.36. The van der Waals surface area contributed by atoms with E-state index in [0.717, 1.165) is 19.3 Å². The molecule has 1 atom stereocenters. The number of nitrogens with zero attached hydrogens (tertiary/aromatic N) is 4. The van der Waals surface area contributed by atoms with Gasteiger partial charge in [0.1, 0.15) is 11.5 Å². The van der Waals surface area contributed by atoms with Crippen LogP contribution >= 0.6 is 0 Å². The Morgan fingerprint density at radius 2 is 2.18 bits per heavy atom. The van der Waals surface area contributed by atoms with Gasteiger partial charge in [0.2, 0.25) is 5.91 Å². The Balaban J connectivity index is 2.04. The van der Waals surface area contributed by atoms with E-state index in [4.69, 9.17) is 4.84 Å². The van der Waals surface area contributed by atoms with Crippen LogP contribution in [0.1, 0.15) is 32.0 Å². The molecular weight excluding hydrogens is 280 g/mol. The SMILES string of the molecule is C=CC(=O)N1CCCCC1C(=C)O/N=C(\C)c1ncccn1. The van der Waals surface area contributed by atoms with Crippen molar-refractivity contribution in [3.63, 3.8) is 0 Å². The zero-order valence-corrected chi connectivity index (χ0v) is 12.7. The Labute approximate surface area is 130 Å². The standard InChI is InChI=1S/C16H20N4O2/c1-4-15(21)20-11-6-5-8-14(20)13(3)22-19-12(2)16-17-9-7-10-18-16/h4,7,9-10,14H,1,3,5-6,8,11H2,2H3/b19-12+. The van der Waals surface area contributed by atoms with Crippen molar-refractivity contribution in [1.29, 1.82) is 0 Å². The maximum Gasteiger partial charge on any atom is 0.246 e. The number of oxime groups is 1. The summed E-state index contributed by atoms with van der Waals surface area (Å²) in [5.74, 6) is 0.838. The average molecular weight is 300 g/mol. The molecule has 116 valence electrons. The van der Waals surface area contributed by atoms with Gasteiger partial charge in [0.15, 0.2) is 5.82 Å². The predicted molar refractivity (Wildman–Crippen MR) is 84.0 cm³/mol. The largest absolute Gasteiger partial charge is 0.359 e. The zero-order valence-electron chi connectivity index (χ0n) is 12.7. The molecule has 2 rings (SSSR count). The average Bonchev–Trinajstić information content (AvgIpc) is 2.59. The van der Waals surface area contributed by atoms with Gasteiger partial charge in [-0.2, -0.15) is 0 Å². The minimum atomic E-state index is -0.174. The molecule has 0 bridgehead atoms. The van der Waals surface area contributed by atoms with E-state index in [1.165, 1.54) is 6.08 Å². The number of likely N-dealkylation sites (tertiary alicyclic amines) is 1. The second-order valence-electron chi connectivity index (χ2n) is 5.05. The molecule has 1 fully saturated rings. The predicted octanol–water partition coefficient (Wildman–Crippen LogP) is 2.30. The number of aromatic nitrogens is 2. The molecule has 0 spiro atoms. The highest BCUT2D eigenvalue weighted by atomic mass is 16.6. The molecule has 1 saturated heterocycles. The van der Waals surface area contributed by atoms with Crippen LogP contribution in [0.3, 0.4) is 0 Å². The molecule has 6 nitrogen and oxygen atoms in total.